The van der Waals surface area contributed by atoms with Crippen molar-refractivity contribution in [2.24, 2.45) is 0 Å². The third-order valence-corrected chi connectivity index (χ3v) is 5.53. The van der Waals surface area contributed by atoms with E-state index in [1.165, 1.54) is 28.3 Å². The maximum atomic E-state index is 13.1. The van der Waals surface area contributed by atoms with Crippen LogP contribution in [0.3, 0.4) is 0 Å². The maximum absolute atomic E-state index is 13.1. The minimum atomic E-state index is -0.713. The minimum Gasteiger partial charge on any atom is -0.383 e. The summed E-state index contributed by atoms with van der Waals surface area (Å²) in [5, 5.41) is 8.68. The largest absolute Gasteiger partial charge is 0.383 e. The summed E-state index contributed by atoms with van der Waals surface area (Å²) < 4.78 is 8.21. The number of hydrogen-bond donors (Lipinski definition) is 2. The van der Waals surface area contributed by atoms with Crippen molar-refractivity contribution in [2.45, 2.75) is 44.9 Å². The zero-order chi connectivity index (χ0) is 23.0. The van der Waals surface area contributed by atoms with E-state index in [0.717, 1.165) is 6.42 Å². The Morgan fingerprint density at radius 2 is 2.10 bits per heavy atom. The van der Waals surface area contributed by atoms with Gasteiger partial charge in [0, 0.05) is 26.7 Å². The molecule has 2 aromatic heterocycles. The van der Waals surface area contributed by atoms with E-state index in [1.807, 2.05) is 18.4 Å². The van der Waals surface area contributed by atoms with Gasteiger partial charge in [-0.15, -0.1) is 16.8 Å². The molecule has 1 amide bonds. The Kier molecular flexibility index (Phi) is 9.06. The van der Waals surface area contributed by atoms with Crippen LogP contribution in [0.2, 0.25) is 0 Å². The lowest BCUT2D eigenvalue weighted by Gasteiger charge is -2.24. The minimum absolute atomic E-state index is 0.00798. The number of nitrogens with zero attached hydrogens (tertiary/aromatic N) is 5. The van der Waals surface area contributed by atoms with Crippen molar-refractivity contribution in [2.75, 3.05) is 36.6 Å². The number of ether oxygens (including phenoxy) is 1. The summed E-state index contributed by atoms with van der Waals surface area (Å²) in [6.07, 6.45) is 3.26. The standard InChI is InChI=1S/C19H29N7O4S/c1-5-7-9-26-16(20)15(17(28)21-18(26)29)25(10-11-30-4)14(27)12-31-19-23-22-13(3)24(19)8-6-2/h6H,2,5,7-12,20H2,1,3-4H3,(H,21,28,29). The van der Waals surface area contributed by atoms with Gasteiger partial charge >= 0.3 is 5.69 Å². The second kappa shape index (κ2) is 11.5. The molecule has 0 saturated carbocycles. The van der Waals surface area contributed by atoms with Crippen molar-refractivity contribution in [1.82, 2.24) is 24.3 Å². The van der Waals surface area contributed by atoms with Crippen LogP contribution >= 0.6 is 11.8 Å². The Bertz CT molecular complexity index is 1030. The Morgan fingerprint density at radius 3 is 2.74 bits per heavy atom. The molecule has 12 heteroatoms. The summed E-state index contributed by atoms with van der Waals surface area (Å²) in [4.78, 5) is 41.4. The zero-order valence-corrected chi connectivity index (χ0v) is 18.9. The van der Waals surface area contributed by atoms with Gasteiger partial charge in [-0.2, -0.15) is 0 Å². The molecule has 0 radical (unpaired) electrons. The fourth-order valence-corrected chi connectivity index (χ4v) is 3.80. The normalized spacial score (nSPS) is 10.9. The lowest BCUT2D eigenvalue weighted by atomic mass is 10.3. The number of carbonyl (C=O) groups excluding carboxylic acids is 1. The first-order valence-electron chi connectivity index (χ1n) is 9.91. The van der Waals surface area contributed by atoms with Crippen LogP contribution in [0.25, 0.3) is 0 Å². The predicted octanol–water partition coefficient (Wildman–Crippen LogP) is 0.777. The molecule has 0 saturated heterocycles. The molecule has 2 rings (SSSR count). The van der Waals surface area contributed by atoms with Gasteiger partial charge in [-0.1, -0.05) is 31.2 Å². The molecule has 2 heterocycles. The summed E-state index contributed by atoms with van der Waals surface area (Å²) in [6, 6.07) is 0. The number of aromatic nitrogens is 5. The van der Waals surface area contributed by atoms with Gasteiger partial charge in [-0.3, -0.25) is 19.1 Å². The third kappa shape index (κ3) is 5.85. The third-order valence-electron chi connectivity index (χ3n) is 4.58. The van der Waals surface area contributed by atoms with Crippen LogP contribution in [0.1, 0.15) is 25.6 Å². The van der Waals surface area contributed by atoms with Gasteiger partial charge in [0.05, 0.1) is 12.4 Å². The molecule has 0 aliphatic heterocycles. The highest BCUT2D eigenvalue weighted by Crippen LogP contribution is 2.21. The van der Waals surface area contributed by atoms with Gasteiger partial charge in [0.25, 0.3) is 5.56 Å². The molecular formula is C19H29N7O4S. The number of rotatable bonds is 12. The fraction of sp³-hybridized carbons (Fsp3) is 0.526. The molecule has 170 valence electrons. The van der Waals surface area contributed by atoms with E-state index >= 15 is 0 Å². The molecule has 0 fully saturated rings. The molecular weight excluding hydrogens is 422 g/mol. The smallest absolute Gasteiger partial charge is 0.330 e. The molecule has 11 nitrogen and oxygen atoms in total. The first kappa shape index (κ1) is 24.4. The van der Waals surface area contributed by atoms with Gasteiger partial charge < -0.3 is 19.9 Å². The Labute approximate surface area is 184 Å². The number of carbonyl (C=O) groups is 1. The molecule has 0 unspecified atom stereocenters. The molecule has 0 aromatic carbocycles. The molecule has 31 heavy (non-hydrogen) atoms. The highest BCUT2D eigenvalue weighted by Gasteiger charge is 2.25. The van der Waals surface area contributed by atoms with Gasteiger partial charge in [0.1, 0.15) is 11.6 Å². The highest BCUT2D eigenvalue weighted by molar-refractivity contribution is 7.99. The number of hydrogen-bond acceptors (Lipinski definition) is 8. The number of aryl methyl sites for hydroxylation is 1. The van der Waals surface area contributed by atoms with E-state index in [0.29, 0.717) is 30.5 Å². The number of methoxy groups -OCH3 is 1. The molecule has 0 aliphatic rings. The topological polar surface area (TPSA) is 141 Å². The number of allylic oxidation sites excluding steroid dienone is 1. The van der Waals surface area contributed by atoms with Crippen LogP contribution in [0.4, 0.5) is 11.5 Å². The zero-order valence-electron chi connectivity index (χ0n) is 18.1. The number of nitrogens with two attached hydrogens (primary N) is 1. The summed E-state index contributed by atoms with van der Waals surface area (Å²) >= 11 is 1.19. The van der Waals surface area contributed by atoms with Crippen molar-refractivity contribution < 1.29 is 9.53 Å². The summed E-state index contributed by atoms with van der Waals surface area (Å²) in [5.41, 5.74) is 4.81. The van der Waals surface area contributed by atoms with E-state index in [-0.39, 0.29) is 36.3 Å². The van der Waals surface area contributed by atoms with Crippen molar-refractivity contribution in [1.29, 1.82) is 0 Å². The summed E-state index contributed by atoms with van der Waals surface area (Å²) in [7, 11) is 1.49. The predicted molar refractivity (Wildman–Crippen MR) is 121 cm³/mol. The van der Waals surface area contributed by atoms with E-state index in [4.69, 9.17) is 10.5 Å². The molecule has 0 atom stereocenters. The fourth-order valence-electron chi connectivity index (χ4n) is 2.93. The van der Waals surface area contributed by atoms with Crippen LogP contribution < -0.4 is 21.9 Å². The molecule has 0 bridgehead atoms. The summed E-state index contributed by atoms with van der Waals surface area (Å²) in [5.74, 6) is 0.286. The number of unbranched alkanes of at least 4 members (excludes halogenated alkanes) is 1. The number of thioether (sulfide) groups is 1. The first-order chi connectivity index (χ1) is 14.8. The Hall–Kier alpha value is -2.86. The lowest BCUT2D eigenvalue weighted by molar-refractivity contribution is -0.116. The van der Waals surface area contributed by atoms with E-state index in [1.54, 1.807) is 6.08 Å². The number of H-pyrrole nitrogens is 1. The maximum Gasteiger partial charge on any atom is 0.330 e. The van der Waals surface area contributed by atoms with E-state index in [9.17, 15) is 14.4 Å². The lowest BCUT2D eigenvalue weighted by Crippen LogP contribution is -2.43. The number of nitrogen functional groups attached to an aromatic ring is 1. The molecule has 3 N–H and O–H groups in total. The van der Waals surface area contributed by atoms with Crippen LogP contribution in [-0.2, 0) is 22.6 Å². The van der Waals surface area contributed by atoms with E-state index in [2.05, 4.69) is 21.8 Å². The summed E-state index contributed by atoms with van der Waals surface area (Å²) in [6.45, 7) is 8.66. The van der Waals surface area contributed by atoms with Gasteiger partial charge in [-0.25, -0.2) is 4.79 Å². The molecule has 0 aliphatic carbocycles. The quantitative estimate of drug-likeness (QED) is 0.356. The second-order valence-corrected chi connectivity index (χ2v) is 7.70. The number of nitrogens with one attached hydrogen (secondary N) is 1. The average Bonchev–Trinajstić information content (AvgIpc) is 3.08. The van der Waals surface area contributed by atoms with Crippen LogP contribution in [0, 0.1) is 6.92 Å². The number of anilines is 2. The second-order valence-electron chi connectivity index (χ2n) is 6.75. The van der Waals surface area contributed by atoms with Gasteiger partial charge in [0.15, 0.2) is 10.8 Å². The van der Waals surface area contributed by atoms with Crippen LogP contribution in [0.5, 0.6) is 0 Å². The average molecular weight is 452 g/mol. The van der Waals surface area contributed by atoms with Crippen LogP contribution in [0.15, 0.2) is 27.4 Å². The van der Waals surface area contributed by atoms with Crippen molar-refractivity contribution in [3.63, 3.8) is 0 Å². The number of aromatic amines is 1. The van der Waals surface area contributed by atoms with Crippen molar-refractivity contribution in [3.05, 3.63) is 39.3 Å². The first-order valence-corrected chi connectivity index (χ1v) is 10.9. The molecule has 0 spiro atoms. The SMILES string of the molecule is C=CCn1c(C)nnc1SCC(=O)N(CCOC)c1c(N)n(CCCC)c(=O)[nH]c1=O. The van der Waals surface area contributed by atoms with Gasteiger partial charge in [0.2, 0.25) is 5.91 Å². The highest BCUT2D eigenvalue weighted by atomic mass is 32.2. The Morgan fingerprint density at radius 1 is 1.35 bits per heavy atom. The number of amides is 1. The van der Waals surface area contributed by atoms with Gasteiger partial charge in [-0.05, 0) is 13.3 Å². The molecule has 2 aromatic rings. The van der Waals surface area contributed by atoms with Crippen molar-refractivity contribution >= 4 is 29.2 Å². The van der Waals surface area contributed by atoms with E-state index < -0.39 is 11.2 Å². The van der Waals surface area contributed by atoms with Crippen molar-refractivity contribution in [3.8, 4) is 0 Å². The van der Waals surface area contributed by atoms with Crippen LogP contribution in [-0.4, -0.2) is 56.2 Å². The Balaban J connectivity index is 2.35. The monoisotopic (exact) mass is 451 g/mol.